The molecule has 2 N–H and O–H groups in total. The molecule has 0 saturated carbocycles. The van der Waals surface area contributed by atoms with E-state index in [0.717, 1.165) is 5.56 Å². The second kappa shape index (κ2) is 8.67. The summed E-state index contributed by atoms with van der Waals surface area (Å²) >= 11 is 0. The Morgan fingerprint density at radius 1 is 1.10 bits per heavy atom. The largest absolute Gasteiger partial charge is 0.497 e. The van der Waals surface area contributed by atoms with Crippen LogP contribution < -0.4 is 25.0 Å². The molecule has 1 aliphatic rings. The number of imide groups is 1. The number of carbonyl (C=O) groups is 3. The van der Waals surface area contributed by atoms with Crippen molar-refractivity contribution in [2.24, 2.45) is 0 Å². The third kappa shape index (κ3) is 4.79. The van der Waals surface area contributed by atoms with E-state index in [1.54, 1.807) is 37.4 Å². The van der Waals surface area contributed by atoms with Gasteiger partial charge in [-0.25, -0.2) is 4.79 Å². The van der Waals surface area contributed by atoms with E-state index in [-0.39, 0.29) is 35.8 Å². The van der Waals surface area contributed by atoms with E-state index >= 15 is 0 Å². The minimum absolute atomic E-state index is 0.188. The summed E-state index contributed by atoms with van der Waals surface area (Å²) in [6.45, 7) is 6.23. The summed E-state index contributed by atoms with van der Waals surface area (Å²) in [5.41, 5.74) is 1.78. The van der Waals surface area contributed by atoms with Crippen LogP contribution in [0, 0.1) is 0 Å². The highest BCUT2D eigenvalue weighted by atomic mass is 16.5. The highest BCUT2D eigenvalue weighted by Crippen LogP contribution is 2.38. The Hall–Kier alpha value is -3.55. The molecule has 0 aromatic heterocycles. The number of methoxy groups -OCH3 is 2. The lowest BCUT2D eigenvalue weighted by atomic mass is 9.84. The molecule has 1 fully saturated rings. The second-order valence-corrected chi connectivity index (χ2v) is 8.27. The predicted octanol–water partition coefficient (Wildman–Crippen LogP) is 3.70. The number of anilines is 2. The fourth-order valence-electron chi connectivity index (χ4n) is 3.42. The Balaban J connectivity index is 2.07. The zero-order chi connectivity index (χ0) is 22.8. The van der Waals surface area contributed by atoms with Crippen molar-refractivity contribution in [3.05, 3.63) is 47.5 Å². The Morgan fingerprint density at radius 3 is 2.45 bits per heavy atom. The van der Waals surface area contributed by atoms with Crippen molar-refractivity contribution >= 4 is 29.2 Å². The predicted molar refractivity (Wildman–Crippen MR) is 118 cm³/mol. The van der Waals surface area contributed by atoms with Crippen LogP contribution in [0.4, 0.5) is 16.2 Å². The maximum absolute atomic E-state index is 13.2. The molecule has 1 heterocycles. The van der Waals surface area contributed by atoms with Gasteiger partial charge in [-0.15, -0.1) is 0 Å². The SMILES string of the molecule is COc1cccc(NC(=O)c2cc(N3CCC(=O)NC3=O)cc(C(C)(C)C)c2OC)c1. The lowest BCUT2D eigenvalue weighted by Gasteiger charge is -2.30. The van der Waals surface area contributed by atoms with Gasteiger partial charge in [0.05, 0.1) is 19.8 Å². The third-order valence-corrected chi connectivity index (χ3v) is 5.02. The Kier molecular flexibility index (Phi) is 6.19. The van der Waals surface area contributed by atoms with Crippen molar-refractivity contribution in [1.29, 1.82) is 0 Å². The fraction of sp³-hybridized carbons (Fsp3) is 0.348. The first-order valence-corrected chi connectivity index (χ1v) is 9.93. The molecule has 1 saturated heterocycles. The van der Waals surface area contributed by atoms with Gasteiger partial charge < -0.3 is 14.8 Å². The molecule has 8 nitrogen and oxygen atoms in total. The number of hydrogen-bond donors (Lipinski definition) is 2. The van der Waals surface area contributed by atoms with Crippen molar-refractivity contribution in [3.63, 3.8) is 0 Å². The minimum Gasteiger partial charge on any atom is -0.497 e. The number of hydrogen-bond acceptors (Lipinski definition) is 5. The molecule has 31 heavy (non-hydrogen) atoms. The van der Waals surface area contributed by atoms with Crippen LogP contribution >= 0.6 is 0 Å². The van der Waals surface area contributed by atoms with Crippen LogP contribution in [0.1, 0.15) is 43.1 Å². The van der Waals surface area contributed by atoms with Gasteiger partial charge in [-0.05, 0) is 29.7 Å². The van der Waals surface area contributed by atoms with Crippen molar-refractivity contribution in [1.82, 2.24) is 5.32 Å². The summed E-state index contributed by atoms with van der Waals surface area (Å²) in [6, 6.07) is 9.95. The fourth-order valence-corrected chi connectivity index (χ4v) is 3.42. The first-order chi connectivity index (χ1) is 14.6. The van der Waals surface area contributed by atoms with Gasteiger partial charge in [-0.3, -0.25) is 19.8 Å². The van der Waals surface area contributed by atoms with Gasteiger partial charge in [0.25, 0.3) is 5.91 Å². The number of nitrogens with one attached hydrogen (secondary N) is 2. The number of carbonyl (C=O) groups excluding carboxylic acids is 3. The molecule has 0 bridgehead atoms. The lowest BCUT2D eigenvalue weighted by molar-refractivity contribution is -0.120. The molecular weight excluding hydrogens is 398 g/mol. The van der Waals surface area contributed by atoms with E-state index in [2.05, 4.69) is 10.6 Å². The number of rotatable bonds is 5. The molecule has 4 amide bonds. The van der Waals surface area contributed by atoms with Gasteiger partial charge in [-0.2, -0.15) is 0 Å². The Bertz CT molecular complexity index is 1030. The molecule has 3 rings (SSSR count). The summed E-state index contributed by atoms with van der Waals surface area (Å²) in [7, 11) is 3.07. The zero-order valence-corrected chi connectivity index (χ0v) is 18.4. The summed E-state index contributed by atoms with van der Waals surface area (Å²) in [4.78, 5) is 38.7. The minimum atomic E-state index is -0.513. The lowest BCUT2D eigenvalue weighted by Crippen LogP contribution is -2.49. The highest BCUT2D eigenvalue weighted by Gasteiger charge is 2.30. The molecule has 0 radical (unpaired) electrons. The first-order valence-electron chi connectivity index (χ1n) is 9.93. The highest BCUT2D eigenvalue weighted by molar-refractivity contribution is 6.09. The molecular formula is C23H27N3O5. The number of nitrogens with zero attached hydrogens (tertiary/aromatic N) is 1. The average molecular weight is 425 g/mol. The van der Waals surface area contributed by atoms with E-state index in [1.807, 2.05) is 26.8 Å². The average Bonchev–Trinajstić information content (AvgIpc) is 2.72. The van der Waals surface area contributed by atoms with Crippen LogP contribution in [0.15, 0.2) is 36.4 Å². The maximum Gasteiger partial charge on any atom is 0.328 e. The van der Waals surface area contributed by atoms with Crippen LogP contribution in [0.3, 0.4) is 0 Å². The number of benzene rings is 2. The van der Waals surface area contributed by atoms with E-state index < -0.39 is 6.03 Å². The number of amides is 4. The van der Waals surface area contributed by atoms with Gasteiger partial charge in [-0.1, -0.05) is 26.8 Å². The van der Waals surface area contributed by atoms with Crippen molar-refractivity contribution in [2.45, 2.75) is 32.6 Å². The van der Waals surface area contributed by atoms with E-state index in [9.17, 15) is 14.4 Å². The smallest absolute Gasteiger partial charge is 0.328 e. The Labute approximate surface area is 181 Å². The molecule has 0 spiro atoms. The monoisotopic (exact) mass is 425 g/mol. The van der Waals surface area contributed by atoms with Crippen LogP contribution in [-0.4, -0.2) is 38.6 Å². The van der Waals surface area contributed by atoms with E-state index in [4.69, 9.17) is 9.47 Å². The quantitative estimate of drug-likeness (QED) is 0.761. The van der Waals surface area contributed by atoms with Crippen LogP contribution in [-0.2, 0) is 10.2 Å². The van der Waals surface area contributed by atoms with Crippen LogP contribution in [0.5, 0.6) is 11.5 Å². The van der Waals surface area contributed by atoms with Crippen molar-refractivity contribution in [2.75, 3.05) is 31.0 Å². The molecule has 1 aliphatic heterocycles. The van der Waals surface area contributed by atoms with Crippen molar-refractivity contribution in [3.8, 4) is 11.5 Å². The standard InChI is InChI=1S/C23H27N3O5/c1-23(2,3)18-13-15(26-10-9-19(27)25-22(26)29)12-17(20(18)31-5)21(28)24-14-7-6-8-16(11-14)30-4/h6-8,11-13H,9-10H2,1-5H3,(H,24,28)(H,25,27,29). The maximum atomic E-state index is 13.2. The summed E-state index contributed by atoms with van der Waals surface area (Å²) in [5.74, 6) is 0.349. The second-order valence-electron chi connectivity index (χ2n) is 8.27. The summed E-state index contributed by atoms with van der Waals surface area (Å²) in [5, 5.41) is 5.18. The molecule has 0 atom stereocenters. The van der Waals surface area contributed by atoms with E-state index in [1.165, 1.54) is 12.0 Å². The van der Waals surface area contributed by atoms with Gasteiger partial charge >= 0.3 is 6.03 Å². The van der Waals surface area contributed by atoms with Crippen LogP contribution in [0.25, 0.3) is 0 Å². The number of ether oxygens (including phenoxy) is 2. The van der Waals surface area contributed by atoms with Gasteiger partial charge in [0.1, 0.15) is 11.5 Å². The molecule has 0 unspecified atom stereocenters. The molecule has 8 heteroatoms. The summed E-state index contributed by atoms with van der Waals surface area (Å²) < 4.78 is 10.8. The normalized spacial score (nSPS) is 14.2. The van der Waals surface area contributed by atoms with Gasteiger partial charge in [0, 0.05) is 36.0 Å². The topological polar surface area (TPSA) is 97.0 Å². The summed E-state index contributed by atoms with van der Waals surface area (Å²) in [6.07, 6.45) is 0.188. The molecule has 164 valence electrons. The Morgan fingerprint density at radius 2 is 1.84 bits per heavy atom. The first kappa shape index (κ1) is 22.1. The van der Waals surface area contributed by atoms with Gasteiger partial charge in [0.2, 0.25) is 5.91 Å². The van der Waals surface area contributed by atoms with E-state index in [0.29, 0.717) is 22.9 Å². The van der Waals surface area contributed by atoms with Crippen molar-refractivity contribution < 1.29 is 23.9 Å². The molecule has 0 aliphatic carbocycles. The zero-order valence-electron chi connectivity index (χ0n) is 18.4. The van der Waals surface area contributed by atoms with Crippen LogP contribution in [0.2, 0.25) is 0 Å². The molecule has 2 aromatic carbocycles. The third-order valence-electron chi connectivity index (χ3n) is 5.02. The van der Waals surface area contributed by atoms with Gasteiger partial charge in [0.15, 0.2) is 0 Å². The number of urea groups is 1. The molecule has 2 aromatic rings.